The highest BCUT2D eigenvalue weighted by Gasteiger charge is 2.38. The van der Waals surface area contributed by atoms with Crippen molar-refractivity contribution in [1.29, 1.82) is 0 Å². The molecule has 5 nitrogen and oxygen atoms in total. The number of hydrogen-bond donors (Lipinski definition) is 1. The van der Waals surface area contributed by atoms with Crippen LogP contribution in [-0.4, -0.2) is 51.9 Å². The van der Waals surface area contributed by atoms with Crippen LogP contribution >= 0.6 is 12.4 Å². The maximum atomic E-state index is 5.69. The fourth-order valence-electron chi connectivity index (χ4n) is 4.10. The third-order valence-electron chi connectivity index (χ3n) is 5.40. The third-order valence-corrected chi connectivity index (χ3v) is 5.40. The summed E-state index contributed by atoms with van der Waals surface area (Å²) < 4.78 is 16.7. The minimum atomic E-state index is 0. The number of ether oxygens (including phenoxy) is 3. The monoisotopic (exact) mass is 370 g/mol. The van der Waals surface area contributed by atoms with Gasteiger partial charge in [0.05, 0.1) is 20.8 Å². The molecule has 2 aliphatic rings. The Morgan fingerprint density at radius 1 is 1.08 bits per heavy atom. The number of hydrogen-bond acceptors (Lipinski definition) is 5. The van der Waals surface area contributed by atoms with Gasteiger partial charge in [-0.25, -0.2) is 0 Å². The zero-order valence-corrected chi connectivity index (χ0v) is 16.4. The Hall–Kier alpha value is -1.17. The van der Waals surface area contributed by atoms with E-state index < -0.39 is 0 Å². The second-order valence-corrected chi connectivity index (χ2v) is 6.97. The molecule has 1 aromatic rings. The van der Waals surface area contributed by atoms with Gasteiger partial charge in [0.15, 0.2) is 11.5 Å². The van der Waals surface area contributed by atoms with Gasteiger partial charge in [0, 0.05) is 13.1 Å². The predicted molar refractivity (Wildman–Crippen MR) is 102 cm³/mol. The van der Waals surface area contributed by atoms with E-state index in [0.29, 0.717) is 17.8 Å². The van der Waals surface area contributed by atoms with Gasteiger partial charge < -0.3 is 19.5 Å². The Kier molecular flexibility index (Phi) is 7.23. The van der Waals surface area contributed by atoms with Crippen molar-refractivity contribution in [2.75, 3.05) is 47.0 Å². The molecule has 1 aromatic carbocycles. The number of methoxy groups -OCH3 is 2. The van der Waals surface area contributed by atoms with Gasteiger partial charge in [0.2, 0.25) is 5.75 Å². The van der Waals surface area contributed by atoms with Crippen molar-refractivity contribution >= 4 is 12.4 Å². The number of likely N-dealkylation sites (tertiary alicyclic amines) is 1. The zero-order chi connectivity index (χ0) is 17.0. The maximum Gasteiger partial charge on any atom is 0.203 e. The van der Waals surface area contributed by atoms with E-state index in [-0.39, 0.29) is 12.4 Å². The molecule has 0 unspecified atom stereocenters. The highest BCUT2D eigenvalue weighted by molar-refractivity contribution is 5.85. The fourth-order valence-corrected chi connectivity index (χ4v) is 4.10. The average Bonchev–Trinajstić information content (AvgIpc) is 2.98. The second-order valence-electron chi connectivity index (χ2n) is 6.97. The zero-order valence-electron chi connectivity index (χ0n) is 15.6. The van der Waals surface area contributed by atoms with Gasteiger partial charge >= 0.3 is 0 Å². The van der Waals surface area contributed by atoms with Gasteiger partial charge in [0.1, 0.15) is 0 Å². The molecule has 0 bridgehead atoms. The standard InChI is InChI=1S/C19H30N2O3.ClH/c1-4-24-18-16(22-2)11-15(12-17(18)23-3)13-21-10-7-19(14-21)5-8-20-9-6-19;/h11-12,20H,4-10,13-14H2,1-3H3;1H. The lowest BCUT2D eigenvalue weighted by molar-refractivity contribution is 0.193. The molecule has 2 fully saturated rings. The van der Waals surface area contributed by atoms with E-state index in [1.807, 2.05) is 6.92 Å². The van der Waals surface area contributed by atoms with E-state index in [2.05, 4.69) is 22.3 Å². The number of nitrogens with zero attached hydrogens (tertiary/aromatic N) is 1. The molecule has 0 atom stereocenters. The molecule has 1 N–H and O–H groups in total. The van der Waals surface area contributed by atoms with Gasteiger partial charge in [-0.15, -0.1) is 12.4 Å². The van der Waals surface area contributed by atoms with E-state index >= 15 is 0 Å². The molecule has 142 valence electrons. The lowest BCUT2D eigenvalue weighted by Gasteiger charge is -2.34. The molecular formula is C19H31ClN2O3. The average molecular weight is 371 g/mol. The molecular weight excluding hydrogens is 340 g/mol. The van der Waals surface area contributed by atoms with E-state index in [1.165, 1.54) is 51.0 Å². The van der Waals surface area contributed by atoms with E-state index in [4.69, 9.17) is 14.2 Å². The molecule has 0 saturated carbocycles. The maximum absolute atomic E-state index is 5.69. The molecule has 2 saturated heterocycles. The van der Waals surface area contributed by atoms with Gasteiger partial charge in [-0.2, -0.15) is 0 Å². The van der Waals surface area contributed by atoms with Crippen molar-refractivity contribution in [1.82, 2.24) is 10.2 Å². The van der Waals surface area contributed by atoms with Crippen molar-refractivity contribution in [3.63, 3.8) is 0 Å². The van der Waals surface area contributed by atoms with Gasteiger partial charge in [-0.05, 0) is 68.9 Å². The van der Waals surface area contributed by atoms with E-state index in [0.717, 1.165) is 18.0 Å². The van der Waals surface area contributed by atoms with Gasteiger partial charge in [-0.1, -0.05) is 0 Å². The summed E-state index contributed by atoms with van der Waals surface area (Å²) in [5, 5.41) is 3.48. The molecule has 0 aromatic heterocycles. The van der Waals surface area contributed by atoms with Crippen LogP contribution in [0.3, 0.4) is 0 Å². The molecule has 0 aliphatic carbocycles. The topological polar surface area (TPSA) is 43.0 Å². The summed E-state index contributed by atoms with van der Waals surface area (Å²) in [6.07, 6.45) is 3.93. The highest BCUT2D eigenvalue weighted by Crippen LogP contribution is 2.41. The van der Waals surface area contributed by atoms with Crippen LogP contribution in [0.25, 0.3) is 0 Å². The first-order chi connectivity index (χ1) is 11.7. The minimum Gasteiger partial charge on any atom is -0.493 e. The number of nitrogens with one attached hydrogen (secondary N) is 1. The third kappa shape index (κ3) is 4.52. The number of piperidine rings is 1. The van der Waals surface area contributed by atoms with Crippen molar-refractivity contribution in [3.05, 3.63) is 17.7 Å². The Morgan fingerprint density at radius 2 is 1.72 bits per heavy atom. The predicted octanol–water partition coefficient (Wildman–Crippen LogP) is 3.10. The lowest BCUT2D eigenvalue weighted by Crippen LogP contribution is -2.38. The summed E-state index contributed by atoms with van der Waals surface area (Å²) in [6, 6.07) is 4.17. The summed E-state index contributed by atoms with van der Waals surface area (Å²) in [7, 11) is 3.36. The molecule has 2 aliphatic heterocycles. The Labute approximate surface area is 157 Å². The number of benzene rings is 1. The quantitative estimate of drug-likeness (QED) is 0.833. The lowest BCUT2D eigenvalue weighted by atomic mass is 9.78. The second kappa shape index (κ2) is 8.97. The van der Waals surface area contributed by atoms with Crippen LogP contribution in [0.2, 0.25) is 0 Å². The van der Waals surface area contributed by atoms with Crippen LogP contribution in [0, 0.1) is 5.41 Å². The van der Waals surface area contributed by atoms with E-state index in [1.54, 1.807) is 14.2 Å². The van der Waals surface area contributed by atoms with Crippen molar-refractivity contribution in [2.24, 2.45) is 5.41 Å². The summed E-state index contributed by atoms with van der Waals surface area (Å²) in [5.74, 6) is 2.20. The Balaban J connectivity index is 0.00000225. The number of halogens is 1. The molecule has 3 rings (SSSR count). The highest BCUT2D eigenvalue weighted by atomic mass is 35.5. The van der Waals surface area contributed by atoms with Gasteiger partial charge in [-0.3, -0.25) is 4.90 Å². The van der Waals surface area contributed by atoms with Crippen LogP contribution in [0.5, 0.6) is 17.2 Å². The van der Waals surface area contributed by atoms with Crippen molar-refractivity contribution in [2.45, 2.75) is 32.7 Å². The molecule has 0 radical (unpaired) electrons. The Bertz CT molecular complexity index is 537. The van der Waals surface area contributed by atoms with Gasteiger partial charge in [0.25, 0.3) is 0 Å². The normalized spacial score (nSPS) is 19.5. The molecule has 25 heavy (non-hydrogen) atoms. The van der Waals surface area contributed by atoms with Crippen molar-refractivity contribution in [3.8, 4) is 17.2 Å². The van der Waals surface area contributed by atoms with Crippen LogP contribution < -0.4 is 19.5 Å². The summed E-state index contributed by atoms with van der Waals surface area (Å²) in [6.45, 7) is 8.21. The largest absolute Gasteiger partial charge is 0.493 e. The van der Waals surface area contributed by atoms with Crippen LogP contribution in [0.1, 0.15) is 31.7 Å². The minimum absolute atomic E-state index is 0. The van der Waals surface area contributed by atoms with Crippen LogP contribution in [0.4, 0.5) is 0 Å². The summed E-state index contributed by atoms with van der Waals surface area (Å²) in [5.41, 5.74) is 1.75. The van der Waals surface area contributed by atoms with Crippen LogP contribution in [0.15, 0.2) is 12.1 Å². The molecule has 2 heterocycles. The first-order valence-corrected chi connectivity index (χ1v) is 9.00. The van der Waals surface area contributed by atoms with Crippen LogP contribution in [-0.2, 0) is 6.54 Å². The smallest absolute Gasteiger partial charge is 0.203 e. The van der Waals surface area contributed by atoms with Crippen molar-refractivity contribution < 1.29 is 14.2 Å². The molecule has 0 amide bonds. The fraction of sp³-hybridized carbons (Fsp3) is 0.684. The number of rotatable bonds is 6. The Morgan fingerprint density at radius 3 is 2.28 bits per heavy atom. The van der Waals surface area contributed by atoms with E-state index in [9.17, 15) is 0 Å². The SMILES string of the molecule is CCOc1c(OC)cc(CN2CCC3(CCNCC3)C2)cc1OC.Cl. The summed E-state index contributed by atoms with van der Waals surface area (Å²) in [4.78, 5) is 2.57. The first kappa shape index (κ1) is 20.1. The first-order valence-electron chi connectivity index (χ1n) is 9.00. The summed E-state index contributed by atoms with van der Waals surface area (Å²) >= 11 is 0. The molecule has 6 heteroatoms. The molecule has 1 spiro atoms.